The summed E-state index contributed by atoms with van der Waals surface area (Å²) in [6.07, 6.45) is 1.07. The number of hydrogen-bond donors (Lipinski definition) is 1. The molecule has 1 heterocycles. The fourth-order valence-corrected chi connectivity index (χ4v) is 2.42. The molecule has 0 radical (unpaired) electrons. The molecule has 4 heteroatoms. The molecule has 0 bridgehead atoms. The Morgan fingerprint density at radius 1 is 1.24 bits per heavy atom. The molecular weight excluding hydrogens is 262 g/mol. The summed E-state index contributed by atoms with van der Waals surface area (Å²) >= 11 is 0. The van der Waals surface area contributed by atoms with Crippen molar-refractivity contribution in [1.82, 2.24) is 15.1 Å². The molecule has 1 N–H and O–H groups in total. The molecule has 0 saturated heterocycles. The smallest absolute Gasteiger partial charge is 0.123 e. The highest BCUT2D eigenvalue weighted by molar-refractivity contribution is 5.33. The van der Waals surface area contributed by atoms with Crippen molar-refractivity contribution in [1.29, 1.82) is 0 Å². The predicted octanol–water partition coefficient (Wildman–Crippen LogP) is 3.08. The normalized spacial score (nSPS) is 10.8. The molecule has 0 unspecified atom stereocenters. The number of ether oxygens (including phenoxy) is 1. The standard InChI is InChI=1S/C17H25N3O/c1-4-21-17-9-6-5-8-16(17)13-18-10-7-11-20-15(3)12-14(2)19-20/h5-6,8-9,12,18H,4,7,10-11,13H2,1-3H3. The van der Waals surface area contributed by atoms with Crippen LogP contribution in [0, 0.1) is 13.8 Å². The first-order valence-electron chi connectivity index (χ1n) is 7.63. The van der Waals surface area contributed by atoms with Gasteiger partial charge in [-0.2, -0.15) is 5.10 Å². The molecule has 1 aromatic carbocycles. The Labute approximate surface area is 127 Å². The quantitative estimate of drug-likeness (QED) is 0.758. The summed E-state index contributed by atoms with van der Waals surface area (Å²) in [5, 5.41) is 7.95. The molecule has 0 saturated carbocycles. The summed E-state index contributed by atoms with van der Waals surface area (Å²) in [4.78, 5) is 0. The van der Waals surface area contributed by atoms with Crippen LogP contribution in [-0.2, 0) is 13.1 Å². The van der Waals surface area contributed by atoms with Crippen LogP contribution in [0.5, 0.6) is 5.75 Å². The fraction of sp³-hybridized carbons (Fsp3) is 0.471. The Kier molecular flexibility index (Phi) is 5.81. The minimum Gasteiger partial charge on any atom is -0.494 e. The number of aromatic nitrogens is 2. The maximum Gasteiger partial charge on any atom is 0.123 e. The van der Waals surface area contributed by atoms with E-state index in [4.69, 9.17) is 4.74 Å². The van der Waals surface area contributed by atoms with Gasteiger partial charge in [0.25, 0.3) is 0 Å². The molecule has 4 nitrogen and oxygen atoms in total. The van der Waals surface area contributed by atoms with Gasteiger partial charge in [-0.05, 0) is 45.9 Å². The minimum absolute atomic E-state index is 0.703. The van der Waals surface area contributed by atoms with Crippen molar-refractivity contribution in [3.05, 3.63) is 47.3 Å². The molecule has 2 aromatic rings. The van der Waals surface area contributed by atoms with Crippen molar-refractivity contribution in [2.24, 2.45) is 0 Å². The third-order valence-corrected chi connectivity index (χ3v) is 3.41. The fourth-order valence-electron chi connectivity index (χ4n) is 2.42. The topological polar surface area (TPSA) is 39.1 Å². The molecule has 2 rings (SSSR count). The Morgan fingerprint density at radius 2 is 2.05 bits per heavy atom. The lowest BCUT2D eigenvalue weighted by Gasteiger charge is -2.11. The van der Waals surface area contributed by atoms with Gasteiger partial charge < -0.3 is 10.1 Å². The van der Waals surface area contributed by atoms with Gasteiger partial charge in [-0.3, -0.25) is 4.68 Å². The third kappa shape index (κ3) is 4.60. The van der Waals surface area contributed by atoms with E-state index < -0.39 is 0 Å². The predicted molar refractivity (Wildman–Crippen MR) is 85.6 cm³/mol. The van der Waals surface area contributed by atoms with Crippen molar-refractivity contribution < 1.29 is 4.74 Å². The van der Waals surface area contributed by atoms with E-state index in [9.17, 15) is 0 Å². The van der Waals surface area contributed by atoms with Gasteiger partial charge in [0.1, 0.15) is 5.75 Å². The Balaban J connectivity index is 1.74. The van der Waals surface area contributed by atoms with E-state index in [1.807, 2.05) is 26.0 Å². The zero-order valence-corrected chi connectivity index (χ0v) is 13.2. The summed E-state index contributed by atoms with van der Waals surface area (Å²) < 4.78 is 7.70. The van der Waals surface area contributed by atoms with Gasteiger partial charge in [0, 0.05) is 24.3 Å². The van der Waals surface area contributed by atoms with Crippen LogP contribution in [0.25, 0.3) is 0 Å². The highest BCUT2D eigenvalue weighted by Gasteiger charge is 2.02. The van der Waals surface area contributed by atoms with E-state index in [1.54, 1.807) is 0 Å². The zero-order chi connectivity index (χ0) is 15.1. The van der Waals surface area contributed by atoms with Crippen molar-refractivity contribution in [2.45, 2.75) is 40.3 Å². The van der Waals surface area contributed by atoms with E-state index in [0.717, 1.165) is 37.5 Å². The van der Waals surface area contributed by atoms with Crippen LogP contribution >= 0.6 is 0 Å². The number of nitrogens with zero attached hydrogens (tertiary/aromatic N) is 2. The van der Waals surface area contributed by atoms with E-state index in [2.05, 4.69) is 40.2 Å². The van der Waals surface area contributed by atoms with Gasteiger partial charge in [0.15, 0.2) is 0 Å². The molecular formula is C17H25N3O. The molecule has 0 amide bonds. The monoisotopic (exact) mass is 287 g/mol. The van der Waals surface area contributed by atoms with Crippen LogP contribution in [0.4, 0.5) is 0 Å². The first kappa shape index (κ1) is 15.6. The van der Waals surface area contributed by atoms with Crippen LogP contribution in [0.3, 0.4) is 0 Å². The number of rotatable bonds is 8. The number of nitrogens with one attached hydrogen (secondary N) is 1. The molecule has 0 atom stereocenters. The molecule has 21 heavy (non-hydrogen) atoms. The molecule has 1 aromatic heterocycles. The van der Waals surface area contributed by atoms with Crippen LogP contribution in [0.15, 0.2) is 30.3 Å². The van der Waals surface area contributed by atoms with Gasteiger partial charge in [0.05, 0.1) is 12.3 Å². The van der Waals surface area contributed by atoms with Crippen LogP contribution in [0.1, 0.15) is 30.3 Å². The maximum atomic E-state index is 5.63. The average Bonchev–Trinajstić information content (AvgIpc) is 2.79. The molecule has 114 valence electrons. The molecule has 0 fully saturated rings. The van der Waals surface area contributed by atoms with Crippen LogP contribution in [-0.4, -0.2) is 22.9 Å². The molecule has 0 spiro atoms. The van der Waals surface area contributed by atoms with Crippen LogP contribution in [0.2, 0.25) is 0 Å². The first-order valence-corrected chi connectivity index (χ1v) is 7.63. The summed E-state index contributed by atoms with van der Waals surface area (Å²) in [6.45, 7) is 9.62. The summed E-state index contributed by atoms with van der Waals surface area (Å²) in [7, 11) is 0. The molecule has 0 aliphatic heterocycles. The number of benzene rings is 1. The number of hydrogen-bond acceptors (Lipinski definition) is 3. The third-order valence-electron chi connectivity index (χ3n) is 3.41. The number of aryl methyl sites for hydroxylation is 3. The molecule has 0 aliphatic rings. The SMILES string of the molecule is CCOc1ccccc1CNCCCn1nc(C)cc1C. The zero-order valence-electron chi connectivity index (χ0n) is 13.2. The van der Waals surface area contributed by atoms with Crippen molar-refractivity contribution in [3.8, 4) is 5.75 Å². The van der Waals surface area contributed by atoms with Gasteiger partial charge >= 0.3 is 0 Å². The van der Waals surface area contributed by atoms with Gasteiger partial charge in [-0.1, -0.05) is 18.2 Å². The Morgan fingerprint density at radius 3 is 2.76 bits per heavy atom. The van der Waals surface area contributed by atoms with Crippen molar-refractivity contribution >= 4 is 0 Å². The average molecular weight is 287 g/mol. The highest BCUT2D eigenvalue weighted by Crippen LogP contribution is 2.17. The first-order chi connectivity index (χ1) is 10.2. The molecule has 0 aliphatic carbocycles. The highest BCUT2D eigenvalue weighted by atomic mass is 16.5. The minimum atomic E-state index is 0.703. The van der Waals surface area contributed by atoms with Gasteiger partial charge in [-0.25, -0.2) is 0 Å². The summed E-state index contributed by atoms with van der Waals surface area (Å²) in [5.41, 5.74) is 3.53. The van der Waals surface area contributed by atoms with E-state index >= 15 is 0 Å². The van der Waals surface area contributed by atoms with Crippen LogP contribution < -0.4 is 10.1 Å². The van der Waals surface area contributed by atoms with Crippen molar-refractivity contribution in [3.63, 3.8) is 0 Å². The lowest BCUT2D eigenvalue weighted by Crippen LogP contribution is -2.17. The lowest BCUT2D eigenvalue weighted by atomic mass is 10.2. The second-order valence-corrected chi connectivity index (χ2v) is 5.22. The van der Waals surface area contributed by atoms with Gasteiger partial charge in [-0.15, -0.1) is 0 Å². The summed E-state index contributed by atoms with van der Waals surface area (Å²) in [5.74, 6) is 0.978. The van der Waals surface area contributed by atoms with E-state index in [1.165, 1.54) is 11.3 Å². The van der Waals surface area contributed by atoms with E-state index in [0.29, 0.717) is 6.61 Å². The second-order valence-electron chi connectivity index (χ2n) is 5.22. The Hall–Kier alpha value is -1.81. The van der Waals surface area contributed by atoms with Gasteiger partial charge in [0.2, 0.25) is 0 Å². The van der Waals surface area contributed by atoms with E-state index in [-0.39, 0.29) is 0 Å². The second kappa shape index (κ2) is 7.84. The largest absolute Gasteiger partial charge is 0.494 e. The lowest BCUT2D eigenvalue weighted by molar-refractivity contribution is 0.335. The number of para-hydroxylation sites is 1. The summed E-state index contributed by atoms with van der Waals surface area (Å²) in [6, 6.07) is 10.3. The maximum absolute atomic E-state index is 5.63. The van der Waals surface area contributed by atoms with Crippen molar-refractivity contribution in [2.75, 3.05) is 13.2 Å². The Bertz CT molecular complexity index is 563.